The normalized spacial score (nSPS) is 10.1. The lowest BCUT2D eigenvalue weighted by atomic mass is 10.3. The molecule has 1 aromatic rings. The molecule has 0 spiro atoms. The fraction of sp³-hybridized carbons (Fsp3) is 0.455. The third-order valence-electron chi connectivity index (χ3n) is 2.38. The minimum Gasteiger partial charge on any atom is -0.449 e. The summed E-state index contributed by atoms with van der Waals surface area (Å²) in [5.41, 5.74) is -0.107. The quantitative estimate of drug-likeness (QED) is 0.359. The molecule has 0 radical (unpaired) electrons. The van der Waals surface area contributed by atoms with E-state index in [-0.39, 0.29) is 16.5 Å². The van der Waals surface area contributed by atoms with Crippen LogP contribution in [0.15, 0.2) is 12.3 Å². The van der Waals surface area contributed by atoms with Crippen LogP contribution in [0.2, 0.25) is 5.15 Å². The van der Waals surface area contributed by atoms with E-state index in [0.29, 0.717) is 6.61 Å². The number of nitro groups is 1. The molecule has 0 aromatic carbocycles. The Morgan fingerprint density at radius 1 is 1.63 bits per heavy atom. The minimum atomic E-state index is -0.627. The Kier molecular flexibility index (Phi) is 5.50. The van der Waals surface area contributed by atoms with Gasteiger partial charge in [-0.25, -0.2) is 9.78 Å². The summed E-state index contributed by atoms with van der Waals surface area (Å²) in [6, 6.07) is 1.18. The van der Waals surface area contributed by atoms with Gasteiger partial charge < -0.3 is 4.74 Å². The van der Waals surface area contributed by atoms with Gasteiger partial charge in [-0.2, -0.15) is 0 Å². The molecule has 0 N–H and O–H groups in total. The molecule has 0 fully saturated rings. The van der Waals surface area contributed by atoms with Crippen molar-refractivity contribution in [3.8, 4) is 0 Å². The van der Waals surface area contributed by atoms with E-state index in [0.717, 1.165) is 23.9 Å². The molecule has 0 bridgehead atoms. The van der Waals surface area contributed by atoms with E-state index in [1.54, 1.807) is 0 Å². The van der Waals surface area contributed by atoms with Crippen molar-refractivity contribution in [3.05, 3.63) is 27.5 Å². The van der Waals surface area contributed by atoms with Gasteiger partial charge in [0.15, 0.2) is 5.15 Å². The van der Waals surface area contributed by atoms with Crippen molar-refractivity contribution in [3.63, 3.8) is 0 Å². The highest BCUT2D eigenvalue weighted by Gasteiger charge is 2.19. The Bertz CT molecular complexity index is 481. The van der Waals surface area contributed by atoms with E-state index in [9.17, 15) is 14.9 Å². The van der Waals surface area contributed by atoms with Crippen molar-refractivity contribution in [2.45, 2.75) is 19.8 Å². The maximum absolute atomic E-state index is 11.7. The smallest absolute Gasteiger partial charge is 0.414 e. The molecule has 1 rings (SSSR count). The number of pyridine rings is 1. The number of amides is 1. The van der Waals surface area contributed by atoms with E-state index >= 15 is 0 Å². The number of aromatic nitrogens is 1. The first-order valence-electron chi connectivity index (χ1n) is 5.67. The molecule has 0 aliphatic heterocycles. The summed E-state index contributed by atoms with van der Waals surface area (Å²) in [6.07, 6.45) is 2.05. The standard InChI is InChI=1S/C11H14ClN3O4/c1-3-4-5-19-11(16)14(2)9-6-8(15(17)18)7-13-10(9)12/h6-7H,3-5H2,1-2H3. The van der Waals surface area contributed by atoms with Crippen molar-refractivity contribution in [1.82, 2.24) is 4.98 Å². The van der Waals surface area contributed by atoms with E-state index in [2.05, 4.69) is 4.98 Å². The number of unbranched alkanes of at least 4 members (excludes halogenated alkanes) is 1. The van der Waals surface area contributed by atoms with Crippen molar-refractivity contribution < 1.29 is 14.5 Å². The van der Waals surface area contributed by atoms with Crippen LogP contribution >= 0.6 is 11.6 Å². The number of halogens is 1. The number of carbonyl (C=O) groups excluding carboxylic acids is 1. The van der Waals surface area contributed by atoms with Crippen LogP contribution < -0.4 is 4.90 Å². The Morgan fingerprint density at radius 2 is 2.32 bits per heavy atom. The number of hydrogen-bond acceptors (Lipinski definition) is 5. The Balaban J connectivity index is 2.86. The second-order valence-corrected chi connectivity index (χ2v) is 4.15. The predicted octanol–water partition coefficient (Wildman–Crippen LogP) is 3.02. The molecule has 1 heterocycles. The van der Waals surface area contributed by atoms with Crippen LogP contribution in [0.1, 0.15) is 19.8 Å². The fourth-order valence-corrected chi connectivity index (χ4v) is 1.49. The first kappa shape index (κ1) is 15.2. The predicted molar refractivity (Wildman–Crippen MR) is 70.6 cm³/mol. The van der Waals surface area contributed by atoms with Crippen LogP contribution in [-0.2, 0) is 4.74 Å². The van der Waals surface area contributed by atoms with Gasteiger partial charge >= 0.3 is 6.09 Å². The lowest BCUT2D eigenvalue weighted by Crippen LogP contribution is -2.27. The van der Waals surface area contributed by atoms with Gasteiger partial charge in [0.05, 0.1) is 17.2 Å². The first-order valence-corrected chi connectivity index (χ1v) is 6.05. The lowest BCUT2D eigenvalue weighted by molar-refractivity contribution is -0.385. The molecule has 0 aliphatic carbocycles. The summed E-state index contributed by atoms with van der Waals surface area (Å²) in [5.74, 6) is 0. The van der Waals surface area contributed by atoms with E-state index < -0.39 is 11.0 Å². The van der Waals surface area contributed by atoms with Crippen LogP contribution in [0.5, 0.6) is 0 Å². The Hall–Kier alpha value is -1.89. The summed E-state index contributed by atoms with van der Waals surface area (Å²) >= 11 is 5.82. The van der Waals surface area contributed by atoms with Gasteiger partial charge in [-0.15, -0.1) is 0 Å². The molecule has 8 heteroatoms. The zero-order valence-corrected chi connectivity index (χ0v) is 11.4. The summed E-state index contributed by atoms with van der Waals surface area (Å²) in [6.45, 7) is 2.26. The first-order chi connectivity index (χ1) is 8.97. The maximum atomic E-state index is 11.7. The molecule has 1 aromatic heterocycles. The highest BCUT2D eigenvalue weighted by Crippen LogP contribution is 2.27. The van der Waals surface area contributed by atoms with Crippen LogP contribution in [0.25, 0.3) is 0 Å². The Morgan fingerprint density at radius 3 is 2.89 bits per heavy atom. The number of nitrogens with zero attached hydrogens (tertiary/aromatic N) is 3. The molecule has 7 nitrogen and oxygen atoms in total. The van der Waals surface area contributed by atoms with Crippen LogP contribution in [0.3, 0.4) is 0 Å². The zero-order valence-electron chi connectivity index (χ0n) is 10.6. The molecular weight excluding hydrogens is 274 g/mol. The van der Waals surface area contributed by atoms with Gasteiger partial charge in [0.25, 0.3) is 5.69 Å². The van der Waals surface area contributed by atoms with Crippen LogP contribution in [0.4, 0.5) is 16.2 Å². The molecule has 19 heavy (non-hydrogen) atoms. The lowest BCUT2D eigenvalue weighted by Gasteiger charge is -2.17. The Labute approximate surface area is 115 Å². The largest absolute Gasteiger partial charge is 0.449 e. The maximum Gasteiger partial charge on any atom is 0.414 e. The second kappa shape index (κ2) is 6.89. The molecular formula is C11H14ClN3O4. The van der Waals surface area contributed by atoms with Crippen LogP contribution in [0, 0.1) is 10.1 Å². The van der Waals surface area contributed by atoms with E-state index in [1.807, 2.05) is 6.92 Å². The second-order valence-electron chi connectivity index (χ2n) is 3.79. The van der Waals surface area contributed by atoms with Gasteiger partial charge in [-0.3, -0.25) is 15.0 Å². The summed E-state index contributed by atoms with van der Waals surface area (Å²) < 4.78 is 4.98. The summed E-state index contributed by atoms with van der Waals surface area (Å²) in [7, 11) is 1.42. The molecule has 0 aliphatic rings. The fourth-order valence-electron chi connectivity index (χ4n) is 1.26. The summed E-state index contributed by atoms with van der Waals surface area (Å²) in [4.78, 5) is 26.5. The highest BCUT2D eigenvalue weighted by atomic mass is 35.5. The van der Waals surface area contributed by atoms with Crippen LogP contribution in [-0.4, -0.2) is 29.7 Å². The van der Waals surface area contributed by atoms with Crippen molar-refractivity contribution in [1.29, 1.82) is 0 Å². The highest BCUT2D eigenvalue weighted by molar-refractivity contribution is 6.32. The van der Waals surface area contributed by atoms with Crippen molar-refractivity contribution in [2.24, 2.45) is 0 Å². The molecule has 1 amide bonds. The molecule has 0 saturated heterocycles. The third kappa shape index (κ3) is 4.06. The van der Waals surface area contributed by atoms with E-state index in [4.69, 9.17) is 16.3 Å². The van der Waals surface area contributed by atoms with Gasteiger partial charge in [0.2, 0.25) is 0 Å². The molecule has 0 atom stereocenters. The average molecular weight is 288 g/mol. The number of carbonyl (C=O) groups is 1. The number of rotatable bonds is 5. The number of anilines is 1. The monoisotopic (exact) mass is 287 g/mol. The van der Waals surface area contributed by atoms with Gasteiger partial charge in [0.1, 0.15) is 6.20 Å². The molecule has 0 saturated carbocycles. The molecule has 104 valence electrons. The number of hydrogen-bond donors (Lipinski definition) is 0. The van der Waals surface area contributed by atoms with Crippen molar-refractivity contribution >= 4 is 29.1 Å². The SMILES string of the molecule is CCCCOC(=O)N(C)c1cc([N+](=O)[O-])cnc1Cl. The molecule has 0 unspecified atom stereocenters. The van der Waals surface area contributed by atoms with Gasteiger partial charge in [-0.1, -0.05) is 24.9 Å². The van der Waals surface area contributed by atoms with E-state index in [1.165, 1.54) is 13.1 Å². The average Bonchev–Trinajstić information content (AvgIpc) is 2.38. The van der Waals surface area contributed by atoms with Gasteiger partial charge in [0, 0.05) is 13.1 Å². The zero-order chi connectivity index (χ0) is 14.4. The third-order valence-corrected chi connectivity index (χ3v) is 2.67. The topological polar surface area (TPSA) is 85.6 Å². The number of ether oxygens (including phenoxy) is 1. The van der Waals surface area contributed by atoms with Crippen molar-refractivity contribution in [2.75, 3.05) is 18.6 Å². The van der Waals surface area contributed by atoms with Gasteiger partial charge in [-0.05, 0) is 6.42 Å². The summed E-state index contributed by atoms with van der Waals surface area (Å²) in [5, 5.41) is 10.7. The minimum absolute atomic E-state index is 0.000501.